The van der Waals surface area contributed by atoms with Crippen molar-refractivity contribution in [2.24, 2.45) is 0 Å². The van der Waals surface area contributed by atoms with E-state index in [0.29, 0.717) is 13.2 Å². The fraction of sp³-hybridized carbons (Fsp3) is 1.00. The summed E-state index contributed by atoms with van der Waals surface area (Å²) in [6.45, 7) is 7.78. The predicted molar refractivity (Wildman–Crippen MR) is 48.2 cm³/mol. The Labute approximate surface area is 74.7 Å². The van der Waals surface area contributed by atoms with Crippen LogP contribution in [0, 0.1) is 0 Å². The first-order chi connectivity index (χ1) is 5.62. The molecule has 0 aliphatic carbocycles. The molecule has 0 aliphatic rings. The Bertz CT molecular complexity index is 102. The zero-order chi connectivity index (χ0) is 9.45. The molecule has 0 rings (SSSR count). The molecule has 0 bridgehead atoms. The number of aliphatic hydroxyl groups is 1. The lowest BCUT2D eigenvalue weighted by molar-refractivity contribution is -0.0830. The molecule has 0 unspecified atom stereocenters. The standard InChI is InChI=1S/C9H20O3/c1-4-6-11-8-9(2,3)12-7-5-10/h10H,4-8H2,1-3H3. The molecule has 0 spiro atoms. The van der Waals surface area contributed by atoms with Crippen LogP contribution in [0.25, 0.3) is 0 Å². The Morgan fingerprint density at radius 1 is 1.25 bits per heavy atom. The second-order valence-electron chi connectivity index (χ2n) is 3.38. The summed E-state index contributed by atoms with van der Waals surface area (Å²) in [6.07, 6.45) is 1.02. The van der Waals surface area contributed by atoms with E-state index in [-0.39, 0.29) is 12.2 Å². The van der Waals surface area contributed by atoms with Gasteiger partial charge in [0.1, 0.15) is 0 Å². The van der Waals surface area contributed by atoms with E-state index < -0.39 is 0 Å². The number of hydrogen-bond donors (Lipinski definition) is 1. The molecule has 1 N–H and O–H groups in total. The van der Waals surface area contributed by atoms with Gasteiger partial charge < -0.3 is 14.6 Å². The van der Waals surface area contributed by atoms with E-state index in [1.54, 1.807) is 0 Å². The fourth-order valence-corrected chi connectivity index (χ4v) is 0.826. The van der Waals surface area contributed by atoms with Gasteiger partial charge in [0.2, 0.25) is 0 Å². The van der Waals surface area contributed by atoms with Crippen molar-refractivity contribution in [3.05, 3.63) is 0 Å². The Hall–Kier alpha value is -0.120. The van der Waals surface area contributed by atoms with Gasteiger partial charge in [-0.25, -0.2) is 0 Å². The second kappa shape index (κ2) is 6.40. The minimum Gasteiger partial charge on any atom is -0.394 e. The van der Waals surface area contributed by atoms with Crippen molar-refractivity contribution in [3.63, 3.8) is 0 Å². The smallest absolute Gasteiger partial charge is 0.0860 e. The van der Waals surface area contributed by atoms with Gasteiger partial charge in [-0.05, 0) is 20.3 Å². The van der Waals surface area contributed by atoms with Crippen LogP contribution >= 0.6 is 0 Å². The van der Waals surface area contributed by atoms with Gasteiger partial charge in [-0.15, -0.1) is 0 Å². The normalized spacial score (nSPS) is 12.0. The van der Waals surface area contributed by atoms with Gasteiger partial charge in [0.25, 0.3) is 0 Å². The maximum absolute atomic E-state index is 8.54. The van der Waals surface area contributed by atoms with Crippen molar-refractivity contribution in [2.75, 3.05) is 26.4 Å². The third-order valence-electron chi connectivity index (χ3n) is 1.38. The van der Waals surface area contributed by atoms with Crippen molar-refractivity contribution in [3.8, 4) is 0 Å². The van der Waals surface area contributed by atoms with Crippen molar-refractivity contribution < 1.29 is 14.6 Å². The lowest BCUT2D eigenvalue weighted by Gasteiger charge is -2.24. The summed E-state index contributed by atoms with van der Waals surface area (Å²) in [7, 11) is 0. The summed E-state index contributed by atoms with van der Waals surface area (Å²) in [5.41, 5.74) is -0.280. The zero-order valence-corrected chi connectivity index (χ0v) is 8.30. The molecule has 0 saturated heterocycles. The van der Waals surface area contributed by atoms with Crippen LogP contribution in [0.2, 0.25) is 0 Å². The molecule has 74 valence electrons. The van der Waals surface area contributed by atoms with Crippen LogP contribution in [0.4, 0.5) is 0 Å². The molecule has 0 aromatic heterocycles. The molecule has 0 aromatic carbocycles. The molecule has 0 fully saturated rings. The van der Waals surface area contributed by atoms with Crippen molar-refractivity contribution in [1.29, 1.82) is 0 Å². The van der Waals surface area contributed by atoms with E-state index in [9.17, 15) is 0 Å². The van der Waals surface area contributed by atoms with Crippen LogP contribution in [0.15, 0.2) is 0 Å². The van der Waals surface area contributed by atoms with E-state index >= 15 is 0 Å². The Morgan fingerprint density at radius 2 is 1.92 bits per heavy atom. The van der Waals surface area contributed by atoms with Crippen molar-refractivity contribution >= 4 is 0 Å². The number of hydrogen-bond acceptors (Lipinski definition) is 3. The van der Waals surface area contributed by atoms with Crippen LogP contribution < -0.4 is 0 Å². The molecular formula is C9H20O3. The Kier molecular flexibility index (Phi) is 6.34. The average molecular weight is 176 g/mol. The van der Waals surface area contributed by atoms with Gasteiger partial charge in [0.15, 0.2) is 0 Å². The quantitative estimate of drug-likeness (QED) is 0.592. The van der Waals surface area contributed by atoms with Crippen LogP contribution in [0.1, 0.15) is 27.2 Å². The third-order valence-corrected chi connectivity index (χ3v) is 1.38. The van der Waals surface area contributed by atoms with E-state index in [0.717, 1.165) is 13.0 Å². The van der Waals surface area contributed by atoms with Gasteiger partial charge in [0, 0.05) is 6.61 Å². The van der Waals surface area contributed by atoms with Gasteiger partial charge in [0.05, 0.1) is 25.4 Å². The molecule has 0 aromatic rings. The molecule has 12 heavy (non-hydrogen) atoms. The van der Waals surface area contributed by atoms with Crippen molar-refractivity contribution in [1.82, 2.24) is 0 Å². The minimum absolute atomic E-state index is 0.0667. The molecule has 0 saturated carbocycles. The van der Waals surface area contributed by atoms with Crippen LogP contribution in [0.5, 0.6) is 0 Å². The van der Waals surface area contributed by atoms with E-state index in [4.69, 9.17) is 14.6 Å². The highest BCUT2D eigenvalue weighted by molar-refractivity contribution is 4.66. The summed E-state index contributed by atoms with van der Waals surface area (Å²) >= 11 is 0. The number of aliphatic hydroxyl groups excluding tert-OH is 1. The SMILES string of the molecule is CCCOCC(C)(C)OCCO. The average Bonchev–Trinajstić information content (AvgIpc) is 2.01. The highest BCUT2D eigenvalue weighted by Crippen LogP contribution is 2.08. The lowest BCUT2D eigenvalue weighted by atomic mass is 10.1. The molecule has 0 aliphatic heterocycles. The first kappa shape index (κ1) is 11.9. The lowest BCUT2D eigenvalue weighted by Crippen LogP contribution is -2.32. The summed E-state index contributed by atoms with van der Waals surface area (Å²) < 4.78 is 10.7. The van der Waals surface area contributed by atoms with Crippen LogP contribution in [-0.2, 0) is 9.47 Å². The number of ether oxygens (including phenoxy) is 2. The summed E-state index contributed by atoms with van der Waals surface area (Å²) in [6, 6.07) is 0. The zero-order valence-electron chi connectivity index (χ0n) is 8.30. The molecule has 3 heteroatoms. The highest BCUT2D eigenvalue weighted by atomic mass is 16.5. The monoisotopic (exact) mass is 176 g/mol. The first-order valence-corrected chi connectivity index (χ1v) is 4.45. The molecule has 0 amide bonds. The van der Waals surface area contributed by atoms with Crippen LogP contribution in [-0.4, -0.2) is 37.1 Å². The molecule has 3 nitrogen and oxygen atoms in total. The van der Waals surface area contributed by atoms with E-state index in [1.807, 2.05) is 13.8 Å². The minimum atomic E-state index is -0.280. The summed E-state index contributed by atoms with van der Waals surface area (Å²) in [5, 5.41) is 8.54. The fourth-order valence-electron chi connectivity index (χ4n) is 0.826. The molecule has 0 radical (unpaired) electrons. The van der Waals surface area contributed by atoms with E-state index in [2.05, 4.69) is 6.92 Å². The van der Waals surface area contributed by atoms with Crippen LogP contribution in [0.3, 0.4) is 0 Å². The summed E-state index contributed by atoms with van der Waals surface area (Å²) in [5.74, 6) is 0. The maximum atomic E-state index is 8.54. The topological polar surface area (TPSA) is 38.7 Å². The van der Waals surface area contributed by atoms with E-state index in [1.165, 1.54) is 0 Å². The van der Waals surface area contributed by atoms with Gasteiger partial charge in [-0.1, -0.05) is 6.92 Å². The Morgan fingerprint density at radius 3 is 2.42 bits per heavy atom. The molecular weight excluding hydrogens is 156 g/mol. The van der Waals surface area contributed by atoms with Crippen molar-refractivity contribution in [2.45, 2.75) is 32.8 Å². The number of rotatable bonds is 7. The summed E-state index contributed by atoms with van der Waals surface area (Å²) in [4.78, 5) is 0. The third kappa shape index (κ3) is 6.58. The molecule has 0 heterocycles. The maximum Gasteiger partial charge on any atom is 0.0860 e. The Balaban J connectivity index is 3.42. The second-order valence-corrected chi connectivity index (χ2v) is 3.38. The largest absolute Gasteiger partial charge is 0.394 e. The van der Waals surface area contributed by atoms with Gasteiger partial charge in [-0.3, -0.25) is 0 Å². The highest BCUT2D eigenvalue weighted by Gasteiger charge is 2.17. The molecule has 0 atom stereocenters. The van der Waals surface area contributed by atoms with Gasteiger partial charge in [-0.2, -0.15) is 0 Å². The van der Waals surface area contributed by atoms with Gasteiger partial charge >= 0.3 is 0 Å². The predicted octanol–water partition coefficient (Wildman–Crippen LogP) is 1.20. The first-order valence-electron chi connectivity index (χ1n) is 4.45.